The van der Waals surface area contributed by atoms with Gasteiger partial charge < -0.3 is 4.57 Å². The highest BCUT2D eigenvalue weighted by molar-refractivity contribution is 5.30. The van der Waals surface area contributed by atoms with Crippen LogP contribution in [0.3, 0.4) is 0 Å². The van der Waals surface area contributed by atoms with E-state index in [1.165, 1.54) is 10.6 Å². The van der Waals surface area contributed by atoms with Crippen molar-refractivity contribution in [1.82, 2.24) is 9.55 Å². The van der Waals surface area contributed by atoms with Crippen LogP contribution < -0.4 is 5.56 Å². The molecule has 0 aliphatic carbocycles. The summed E-state index contributed by atoms with van der Waals surface area (Å²) in [5.41, 5.74) is 1.02. The van der Waals surface area contributed by atoms with Gasteiger partial charge in [-0.2, -0.15) is 5.26 Å². The van der Waals surface area contributed by atoms with Gasteiger partial charge in [0.25, 0.3) is 5.56 Å². The van der Waals surface area contributed by atoms with E-state index in [1.807, 2.05) is 6.07 Å². The summed E-state index contributed by atoms with van der Waals surface area (Å²) >= 11 is 0. The molecule has 0 saturated heterocycles. The standard InChI is InChI=1S/C12H9N3O/c13-8-11-10(4-3-6-14-11)9-15-7-2-1-5-12(15)16/h1-7H,9H2. The maximum absolute atomic E-state index is 11.5. The number of aromatic nitrogens is 2. The van der Waals surface area contributed by atoms with Crippen molar-refractivity contribution in [2.45, 2.75) is 6.54 Å². The van der Waals surface area contributed by atoms with E-state index in [2.05, 4.69) is 4.98 Å². The van der Waals surface area contributed by atoms with Crippen LogP contribution in [0, 0.1) is 11.3 Å². The molecule has 0 aliphatic heterocycles. The minimum atomic E-state index is -0.0877. The monoisotopic (exact) mass is 211 g/mol. The minimum Gasteiger partial charge on any atom is -0.311 e. The van der Waals surface area contributed by atoms with Gasteiger partial charge in [-0.05, 0) is 12.1 Å². The van der Waals surface area contributed by atoms with E-state index >= 15 is 0 Å². The van der Waals surface area contributed by atoms with Crippen molar-refractivity contribution in [1.29, 1.82) is 5.26 Å². The molecule has 0 fully saturated rings. The largest absolute Gasteiger partial charge is 0.311 e. The Morgan fingerprint density at radius 1 is 1.31 bits per heavy atom. The first kappa shape index (κ1) is 10.1. The van der Waals surface area contributed by atoms with E-state index < -0.39 is 0 Å². The molecule has 0 aliphatic rings. The summed E-state index contributed by atoms with van der Waals surface area (Å²) in [7, 11) is 0. The third kappa shape index (κ3) is 1.98. The molecule has 0 aromatic carbocycles. The van der Waals surface area contributed by atoms with Gasteiger partial charge in [-0.3, -0.25) is 4.79 Å². The Kier molecular flexibility index (Phi) is 2.79. The van der Waals surface area contributed by atoms with Crippen LogP contribution >= 0.6 is 0 Å². The summed E-state index contributed by atoms with van der Waals surface area (Å²) < 4.78 is 1.54. The van der Waals surface area contributed by atoms with Crippen LogP contribution in [0.5, 0.6) is 0 Å². The Bertz CT molecular complexity index is 595. The molecule has 2 aromatic heterocycles. The van der Waals surface area contributed by atoms with Gasteiger partial charge in [0.15, 0.2) is 0 Å². The van der Waals surface area contributed by atoms with Crippen molar-refractivity contribution >= 4 is 0 Å². The predicted octanol–water partition coefficient (Wildman–Crippen LogP) is 1.16. The van der Waals surface area contributed by atoms with E-state index in [0.29, 0.717) is 12.2 Å². The van der Waals surface area contributed by atoms with Gasteiger partial charge >= 0.3 is 0 Å². The lowest BCUT2D eigenvalue weighted by atomic mass is 10.2. The molecule has 0 amide bonds. The zero-order valence-corrected chi connectivity index (χ0v) is 8.50. The van der Waals surface area contributed by atoms with E-state index in [9.17, 15) is 4.79 Å². The fourth-order valence-electron chi connectivity index (χ4n) is 1.44. The SMILES string of the molecule is N#Cc1ncccc1Cn1ccccc1=O. The lowest BCUT2D eigenvalue weighted by Crippen LogP contribution is -2.18. The molecule has 2 heterocycles. The number of hydrogen-bond acceptors (Lipinski definition) is 3. The molecular weight excluding hydrogens is 202 g/mol. The van der Waals surface area contributed by atoms with Crippen LogP contribution in [0.25, 0.3) is 0 Å². The van der Waals surface area contributed by atoms with Crippen molar-refractivity contribution in [3.8, 4) is 6.07 Å². The summed E-state index contributed by atoms with van der Waals surface area (Å²) in [5, 5.41) is 8.87. The Hall–Kier alpha value is -2.41. The average Bonchev–Trinajstić information content (AvgIpc) is 2.33. The summed E-state index contributed by atoms with van der Waals surface area (Å²) in [6.45, 7) is 0.371. The highest BCUT2D eigenvalue weighted by Gasteiger charge is 2.03. The fourth-order valence-corrected chi connectivity index (χ4v) is 1.44. The molecule has 0 saturated carbocycles. The van der Waals surface area contributed by atoms with Crippen molar-refractivity contribution in [2.75, 3.05) is 0 Å². The first-order valence-corrected chi connectivity index (χ1v) is 4.81. The van der Waals surface area contributed by atoms with Gasteiger partial charge in [0.1, 0.15) is 11.8 Å². The van der Waals surface area contributed by atoms with Crippen LogP contribution in [-0.4, -0.2) is 9.55 Å². The Morgan fingerprint density at radius 3 is 2.94 bits per heavy atom. The molecule has 0 radical (unpaired) electrons. The number of rotatable bonds is 2. The topological polar surface area (TPSA) is 58.7 Å². The number of pyridine rings is 2. The van der Waals surface area contributed by atoms with E-state index in [4.69, 9.17) is 5.26 Å². The van der Waals surface area contributed by atoms with Crippen LogP contribution in [-0.2, 0) is 6.54 Å². The quantitative estimate of drug-likeness (QED) is 0.749. The highest BCUT2D eigenvalue weighted by Crippen LogP contribution is 2.04. The molecule has 0 unspecified atom stereocenters. The van der Waals surface area contributed by atoms with Gasteiger partial charge in [-0.25, -0.2) is 4.98 Å². The second-order valence-electron chi connectivity index (χ2n) is 3.29. The Morgan fingerprint density at radius 2 is 2.19 bits per heavy atom. The Labute approximate surface area is 92.4 Å². The summed E-state index contributed by atoms with van der Waals surface area (Å²) in [6.07, 6.45) is 3.26. The van der Waals surface area contributed by atoms with Gasteiger partial charge in [0, 0.05) is 24.0 Å². The highest BCUT2D eigenvalue weighted by atomic mass is 16.1. The molecule has 0 bridgehead atoms. The second-order valence-corrected chi connectivity index (χ2v) is 3.29. The zero-order chi connectivity index (χ0) is 11.4. The molecule has 0 spiro atoms. The lowest BCUT2D eigenvalue weighted by Gasteiger charge is -2.05. The second kappa shape index (κ2) is 4.41. The maximum atomic E-state index is 11.5. The normalized spacial score (nSPS) is 9.69. The average molecular weight is 211 g/mol. The summed E-state index contributed by atoms with van der Waals surface area (Å²) in [4.78, 5) is 15.4. The van der Waals surface area contributed by atoms with Gasteiger partial charge in [0.2, 0.25) is 0 Å². The number of nitriles is 1. The maximum Gasteiger partial charge on any atom is 0.250 e. The molecule has 0 N–H and O–H groups in total. The van der Waals surface area contributed by atoms with Crippen molar-refractivity contribution in [2.24, 2.45) is 0 Å². The first-order valence-electron chi connectivity index (χ1n) is 4.81. The molecule has 4 heteroatoms. The lowest BCUT2D eigenvalue weighted by molar-refractivity contribution is 0.754. The van der Waals surface area contributed by atoms with Crippen LogP contribution in [0.2, 0.25) is 0 Å². The molecule has 0 atom stereocenters. The van der Waals surface area contributed by atoms with Crippen molar-refractivity contribution < 1.29 is 0 Å². The molecule has 2 rings (SSSR count). The van der Waals surface area contributed by atoms with Gasteiger partial charge in [0.05, 0.1) is 6.54 Å². The van der Waals surface area contributed by atoms with Crippen molar-refractivity contribution in [3.05, 3.63) is 64.3 Å². The fraction of sp³-hybridized carbons (Fsp3) is 0.0833. The third-order valence-corrected chi connectivity index (χ3v) is 2.24. The van der Waals surface area contributed by atoms with Crippen molar-refractivity contribution in [3.63, 3.8) is 0 Å². The van der Waals surface area contributed by atoms with Crippen LogP contribution in [0.4, 0.5) is 0 Å². The zero-order valence-electron chi connectivity index (χ0n) is 8.50. The van der Waals surface area contributed by atoms with E-state index in [-0.39, 0.29) is 5.56 Å². The van der Waals surface area contributed by atoms with Crippen LogP contribution in [0.15, 0.2) is 47.5 Å². The molecule has 4 nitrogen and oxygen atoms in total. The molecule has 16 heavy (non-hydrogen) atoms. The van der Waals surface area contributed by atoms with Gasteiger partial charge in [-0.15, -0.1) is 0 Å². The molecule has 78 valence electrons. The van der Waals surface area contributed by atoms with E-state index in [1.54, 1.807) is 36.7 Å². The Balaban J connectivity index is 2.39. The van der Waals surface area contributed by atoms with Crippen LogP contribution in [0.1, 0.15) is 11.3 Å². The van der Waals surface area contributed by atoms with Gasteiger partial charge in [-0.1, -0.05) is 12.1 Å². The number of hydrogen-bond donors (Lipinski definition) is 0. The predicted molar refractivity (Wildman–Crippen MR) is 58.8 cm³/mol. The smallest absolute Gasteiger partial charge is 0.250 e. The first-order chi connectivity index (χ1) is 7.81. The summed E-state index contributed by atoms with van der Waals surface area (Å²) in [6, 6.07) is 10.5. The minimum absolute atomic E-state index is 0.0877. The third-order valence-electron chi connectivity index (χ3n) is 2.24. The summed E-state index contributed by atoms with van der Waals surface area (Å²) in [5.74, 6) is 0. The number of nitrogens with zero attached hydrogens (tertiary/aromatic N) is 3. The molecular formula is C12H9N3O. The van der Waals surface area contributed by atoms with E-state index in [0.717, 1.165) is 5.56 Å². The molecule has 2 aromatic rings.